The second-order valence-electron chi connectivity index (χ2n) is 3.73. The Morgan fingerprint density at radius 3 is 2.12 bits per heavy atom. The number of carbonyl (C=O) groups excluding carboxylic acids is 1. The van der Waals surface area contributed by atoms with Crippen molar-refractivity contribution in [2.24, 2.45) is 0 Å². The van der Waals surface area contributed by atoms with E-state index in [2.05, 4.69) is 0 Å². The molecule has 2 atom stereocenters. The molecule has 5 nitrogen and oxygen atoms in total. The van der Waals surface area contributed by atoms with Crippen LogP contribution in [0.3, 0.4) is 0 Å². The predicted molar refractivity (Wildman–Crippen MR) is 52.6 cm³/mol. The molecule has 8 heteroatoms. The van der Waals surface area contributed by atoms with Crippen molar-refractivity contribution in [1.82, 2.24) is 10.2 Å². The molecule has 0 spiro atoms. The lowest BCUT2D eigenvalue weighted by Crippen LogP contribution is -2.43. The third-order valence-corrected chi connectivity index (χ3v) is 2.55. The van der Waals surface area contributed by atoms with Gasteiger partial charge in [0, 0.05) is 14.2 Å². The minimum Gasteiger partial charge on any atom is -0.377 e. The number of ether oxygens (including phenoxy) is 2. The highest BCUT2D eigenvalue weighted by Gasteiger charge is 2.36. The van der Waals surface area contributed by atoms with Gasteiger partial charge in [0.25, 0.3) is 0 Å². The summed E-state index contributed by atoms with van der Waals surface area (Å²) in [7, 11) is 2.93. The monoisotopic (exact) mass is 256 g/mol. The molecule has 1 N–H and O–H groups in total. The van der Waals surface area contributed by atoms with Crippen LogP contribution in [0.1, 0.15) is 0 Å². The summed E-state index contributed by atoms with van der Waals surface area (Å²) < 4.78 is 45.9. The van der Waals surface area contributed by atoms with Crippen LogP contribution >= 0.6 is 0 Å². The van der Waals surface area contributed by atoms with Crippen LogP contribution in [0.5, 0.6) is 0 Å². The molecule has 0 radical (unpaired) electrons. The number of hydrogen-bond donors (Lipinski definition) is 1. The predicted octanol–water partition coefficient (Wildman–Crippen LogP) is 0.604. The molecule has 0 aromatic heterocycles. The Hall–Kier alpha value is -1.02. The van der Waals surface area contributed by atoms with E-state index < -0.39 is 18.8 Å². The first-order chi connectivity index (χ1) is 7.87. The molecule has 1 aliphatic rings. The molecule has 1 rings (SSSR count). The number of methoxy groups -OCH3 is 2. The van der Waals surface area contributed by atoms with Crippen LogP contribution in [0.2, 0.25) is 0 Å². The van der Waals surface area contributed by atoms with Gasteiger partial charge < -0.3 is 19.7 Å². The third-order valence-electron chi connectivity index (χ3n) is 2.55. The average Bonchev–Trinajstić information content (AvgIpc) is 2.67. The fourth-order valence-corrected chi connectivity index (χ4v) is 1.65. The van der Waals surface area contributed by atoms with Crippen LogP contribution in [0, 0.1) is 0 Å². The maximum atomic E-state index is 11.9. The summed E-state index contributed by atoms with van der Waals surface area (Å²) in [6.45, 7) is -0.894. The Bertz CT molecular complexity index is 261. The van der Waals surface area contributed by atoms with Crippen LogP contribution in [0.25, 0.3) is 0 Å². The molecule has 0 aromatic rings. The Labute approximate surface area is 96.8 Å². The zero-order valence-corrected chi connectivity index (χ0v) is 9.58. The second-order valence-corrected chi connectivity index (χ2v) is 3.73. The van der Waals surface area contributed by atoms with Gasteiger partial charge in [-0.25, -0.2) is 4.79 Å². The van der Waals surface area contributed by atoms with E-state index in [1.54, 1.807) is 5.32 Å². The van der Waals surface area contributed by atoms with Crippen molar-refractivity contribution in [1.29, 1.82) is 0 Å². The average molecular weight is 256 g/mol. The normalized spacial score (nSPS) is 25.1. The molecule has 0 aromatic carbocycles. The van der Waals surface area contributed by atoms with Gasteiger partial charge in [-0.3, -0.25) is 0 Å². The summed E-state index contributed by atoms with van der Waals surface area (Å²) in [5, 5.41) is 1.80. The van der Waals surface area contributed by atoms with Crippen LogP contribution < -0.4 is 5.32 Å². The molecule has 2 unspecified atom stereocenters. The van der Waals surface area contributed by atoms with Crippen molar-refractivity contribution in [2.45, 2.75) is 18.4 Å². The van der Waals surface area contributed by atoms with Gasteiger partial charge in [0.15, 0.2) is 0 Å². The molecule has 1 aliphatic heterocycles. The Kier molecular flexibility index (Phi) is 4.58. The van der Waals surface area contributed by atoms with Gasteiger partial charge in [-0.1, -0.05) is 0 Å². The molecule has 0 saturated carbocycles. The number of amides is 2. The van der Waals surface area contributed by atoms with Crippen molar-refractivity contribution >= 4 is 6.03 Å². The maximum absolute atomic E-state index is 11.9. The van der Waals surface area contributed by atoms with Crippen molar-refractivity contribution in [3.05, 3.63) is 0 Å². The van der Waals surface area contributed by atoms with E-state index in [1.807, 2.05) is 0 Å². The number of likely N-dealkylation sites (tertiary alicyclic amines) is 1. The van der Waals surface area contributed by atoms with E-state index in [-0.39, 0.29) is 25.3 Å². The standard InChI is InChI=1S/C9H15F3N2O3/c1-16-6-3-14(4-7(6)17-2)8(15)13-5-9(10,11)12/h6-7H,3-5H2,1-2H3,(H,13,15). The molecule has 2 amide bonds. The number of nitrogens with zero attached hydrogens (tertiary/aromatic N) is 1. The SMILES string of the molecule is COC1CN(C(=O)NCC(F)(F)F)CC1OC. The van der Waals surface area contributed by atoms with Gasteiger partial charge in [0.1, 0.15) is 18.8 Å². The lowest BCUT2D eigenvalue weighted by Gasteiger charge is -2.17. The summed E-state index contributed by atoms with van der Waals surface area (Å²) in [6.07, 6.45) is -5.02. The molecule has 0 bridgehead atoms. The third kappa shape index (κ3) is 4.04. The topological polar surface area (TPSA) is 50.8 Å². The molecule has 1 fully saturated rings. The Morgan fingerprint density at radius 1 is 1.29 bits per heavy atom. The molecular weight excluding hydrogens is 241 g/mol. The number of rotatable bonds is 3. The van der Waals surface area contributed by atoms with Gasteiger partial charge in [-0.15, -0.1) is 0 Å². The molecule has 1 heterocycles. The minimum absolute atomic E-state index is 0.221. The van der Waals surface area contributed by atoms with Gasteiger partial charge >= 0.3 is 12.2 Å². The van der Waals surface area contributed by atoms with Gasteiger partial charge in [0.2, 0.25) is 0 Å². The van der Waals surface area contributed by atoms with Crippen LogP contribution in [-0.2, 0) is 9.47 Å². The quantitative estimate of drug-likeness (QED) is 0.804. The Morgan fingerprint density at radius 2 is 1.76 bits per heavy atom. The zero-order chi connectivity index (χ0) is 13.1. The first-order valence-corrected chi connectivity index (χ1v) is 5.02. The number of hydrogen-bond acceptors (Lipinski definition) is 3. The lowest BCUT2D eigenvalue weighted by molar-refractivity contribution is -0.123. The zero-order valence-electron chi connectivity index (χ0n) is 9.58. The van der Waals surface area contributed by atoms with Crippen LogP contribution in [0.4, 0.5) is 18.0 Å². The fraction of sp³-hybridized carbons (Fsp3) is 0.889. The summed E-state index contributed by atoms with van der Waals surface area (Å²) in [5.41, 5.74) is 0. The first-order valence-electron chi connectivity index (χ1n) is 5.02. The van der Waals surface area contributed by atoms with Gasteiger partial charge in [-0.05, 0) is 0 Å². The Balaban J connectivity index is 2.44. The molecule has 17 heavy (non-hydrogen) atoms. The van der Waals surface area contributed by atoms with Crippen LogP contribution in [-0.4, -0.2) is 63.2 Å². The summed E-state index contributed by atoms with van der Waals surface area (Å²) in [6, 6.07) is -0.760. The lowest BCUT2D eigenvalue weighted by atomic mass is 10.3. The molecule has 1 saturated heterocycles. The van der Waals surface area contributed by atoms with E-state index in [9.17, 15) is 18.0 Å². The van der Waals surface area contributed by atoms with E-state index >= 15 is 0 Å². The highest BCUT2D eigenvalue weighted by molar-refractivity contribution is 5.74. The highest BCUT2D eigenvalue weighted by atomic mass is 19.4. The van der Waals surface area contributed by atoms with Gasteiger partial charge in [0.05, 0.1) is 13.1 Å². The van der Waals surface area contributed by atoms with E-state index in [0.29, 0.717) is 0 Å². The summed E-state index contributed by atoms with van der Waals surface area (Å²) in [5.74, 6) is 0. The number of urea groups is 1. The highest BCUT2D eigenvalue weighted by Crippen LogP contribution is 2.16. The van der Waals surface area contributed by atoms with Crippen molar-refractivity contribution < 1.29 is 27.4 Å². The maximum Gasteiger partial charge on any atom is 0.405 e. The number of nitrogens with one attached hydrogen (secondary N) is 1. The number of alkyl halides is 3. The molecular formula is C9H15F3N2O3. The number of carbonyl (C=O) groups is 1. The van der Waals surface area contributed by atoms with E-state index in [0.717, 1.165) is 0 Å². The van der Waals surface area contributed by atoms with E-state index in [4.69, 9.17) is 9.47 Å². The summed E-state index contributed by atoms with van der Waals surface area (Å²) >= 11 is 0. The fourth-order valence-electron chi connectivity index (χ4n) is 1.65. The minimum atomic E-state index is -4.41. The largest absolute Gasteiger partial charge is 0.405 e. The van der Waals surface area contributed by atoms with Crippen LogP contribution in [0.15, 0.2) is 0 Å². The van der Waals surface area contributed by atoms with E-state index in [1.165, 1.54) is 19.1 Å². The summed E-state index contributed by atoms with van der Waals surface area (Å²) in [4.78, 5) is 12.7. The van der Waals surface area contributed by atoms with Crippen molar-refractivity contribution in [2.75, 3.05) is 33.9 Å². The van der Waals surface area contributed by atoms with Gasteiger partial charge in [-0.2, -0.15) is 13.2 Å². The second kappa shape index (κ2) is 5.54. The molecule has 0 aliphatic carbocycles. The van der Waals surface area contributed by atoms with Crippen molar-refractivity contribution in [3.63, 3.8) is 0 Å². The number of halogens is 3. The molecule has 100 valence electrons. The first kappa shape index (κ1) is 14.0. The van der Waals surface area contributed by atoms with Crippen molar-refractivity contribution in [3.8, 4) is 0 Å². The smallest absolute Gasteiger partial charge is 0.377 e.